The lowest BCUT2D eigenvalue weighted by atomic mass is 10.1. The predicted octanol–water partition coefficient (Wildman–Crippen LogP) is 1.40. The molecule has 0 aliphatic rings. The maximum absolute atomic E-state index is 11.2. The molecule has 0 radical (unpaired) electrons. The summed E-state index contributed by atoms with van der Waals surface area (Å²) < 4.78 is 0. The van der Waals surface area contributed by atoms with E-state index in [-0.39, 0.29) is 12.5 Å². The average molecular weight is 257 g/mol. The molecule has 0 fully saturated rings. The van der Waals surface area contributed by atoms with Gasteiger partial charge in [0.2, 0.25) is 5.91 Å². The zero-order valence-corrected chi connectivity index (χ0v) is 10.8. The van der Waals surface area contributed by atoms with E-state index in [0.717, 1.165) is 5.69 Å². The van der Waals surface area contributed by atoms with Gasteiger partial charge in [0.25, 0.3) is 0 Å². The summed E-state index contributed by atoms with van der Waals surface area (Å²) in [5.74, 6) is -0.00979. The zero-order valence-electron chi connectivity index (χ0n) is 10.0. The van der Waals surface area contributed by atoms with Crippen LogP contribution in [0.3, 0.4) is 0 Å². The van der Waals surface area contributed by atoms with E-state index in [0.29, 0.717) is 23.6 Å². The van der Waals surface area contributed by atoms with Crippen LogP contribution in [0.1, 0.15) is 12.0 Å². The van der Waals surface area contributed by atoms with E-state index >= 15 is 0 Å². The van der Waals surface area contributed by atoms with Gasteiger partial charge in [-0.15, -0.1) is 0 Å². The molecule has 1 amide bonds. The normalized spacial score (nSPS) is 10.1. The molecule has 0 saturated heterocycles. The number of aliphatic hydroxyl groups is 1. The molecular weight excluding hydrogens is 240 g/mol. The number of nitrogens with zero attached hydrogens (tertiary/aromatic N) is 1. The third-order valence-electron chi connectivity index (χ3n) is 2.62. The molecule has 0 bridgehead atoms. The lowest BCUT2D eigenvalue weighted by Crippen LogP contribution is -2.27. The van der Waals surface area contributed by atoms with Crippen LogP contribution >= 0.6 is 11.6 Å². The van der Waals surface area contributed by atoms with Gasteiger partial charge in [0.15, 0.2) is 0 Å². The first-order valence-electron chi connectivity index (χ1n) is 5.40. The third-order valence-corrected chi connectivity index (χ3v) is 2.97. The number of nitrogens with one attached hydrogen (secondary N) is 1. The number of anilines is 1. The minimum atomic E-state index is -0.112. The van der Waals surface area contributed by atoms with Crippen molar-refractivity contribution in [1.29, 1.82) is 0 Å². The molecule has 2 N–H and O–H groups in total. The summed E-state index contributed by atoms with van der Waals surface area (Å²) in [7, 11) is 3.48. The van der Waals surface area contributed by atoms with Gasteiger partial charge in [-0.2, -0.15) is 0 Å². The number of rotatable bonds is 5. The van der Waals surface area contributed by atoms with Crippen molar-refractivity contribution in [3.63, 3.8) is 0 Å². The fourth-order valence-corrected chi connectivity index (χ4v) is 1.81. The highest BCUT2D eigenvalue weighted by atomic mass is 35.5. The van der Waals surface area contributed by atoms with Crippen molar-refractivity contribution >= 4 is 23.2 Å². The van der Waals surface area contributed by atoms with Crippen LogP contribution in [0, 0.1) is 0 Å². The Hall–Kier alpha value is -1.26. The van der Waals surface area contributed by atoms with Crippen molar-refractivity contribution in [2.75, 3.05) is 25.5 Å². The van der Waals surface area contributed by atoms with Gasteiger partial charge in [0.05, 0.1) is 6.61 Å². The fraction of sp³-hybridized carbons (Fsp3) is 0.417. The van der Waals surface area contributed by atoms with Gasteiger partial charge in [-0.25, -0.2) is 0 Å². The van der Waals surface area contributed by atoms with Crippen LogP contribution < -0.4 is 10.2 Å². The number of carbonyl (C=O) groups excluding carboxylic acids is 1. The highest BCUT2D eigenvalue weighted by Gasteiger charge is 2.10. The molecule has 0 unspecified atom stereocenters. The molecule has 0 heterocycles. The van der Waals surface area contributed by atoms with E-state index in [1.165, 1.54) is 0 Å². The Kier molecular flexibility index (Phi) is 5.25. The van der Waals surface area contributed by atoms with Gasteiger partial charge in [0.1, 0.15) is 0 Å². The molecule has 4 nitrogen and oxygen atoms in total. The first-order valence-corrected chi connectivity index (χ1v) is 5.78. The van der Waals surface area contributed by atoms with Crippen molar-refractivity contribution in [2.45, 2.75) is 13.0 Å². The molecule has 1 aromatic carbocycles. The van der Waals surface area contributed by atoms with Gasteiger partial charge < -0.3 is 15.3 Å². The zero-order chi connectivity index (χ0) is 12.8. The number of halogens is 1. The van der Waals surface area contributed by atoms with E-state index in [2.05, 4.69) is 5.32 Å². The molecule has 0 atom stereocenters. The summed E-state index contributed by atoms with van der Waals surface area (Å²) >= 11 is 6.00. The SMILES string of the molecule is CNC(=O)CCN(C)c1cccc(Cl)c1CO. The van der Waals surface area contributed by atoms with Gasteiger partial charge in [-0.05, 0) is 12.1 Å². The second-order valence-corrected chi connectivity index (χ2v) is 4.15. The summed E-state index contributed by atoms with van der Waals surface area (Å²) in [6.45, 7) is 0.465. The predicted molar refractivity (Wildman–Crippen MR) is 69.3 cm³/mol. The summed E-state index contributed by atoms with van der Waals surface area (Å²) in [5.41, 5.74) is 1.54. The largest absolute Gasteiger partial charge is 0.392 e. The Morgan fingerprint density at radius 1 is 1.53 bits per heavy atom. The minimum Gasteiger partial charge on any atom is -0.392 e. The lowest BCUT2D eigenvalue weighted by Gasteiger charge is -2.22. The standard InChI is InChI=1S/C12H17ClN2O2/c1-14-12(17)6-7-15(2)11-5-3-4-10(13)9(11)8-16/h3-5,16H,6-8H2,1-2H3,(H,14,17). The van der Waals surface area contributed by atoms with E-state index < -0.39 is 0 Å². The minimum absolute atomic E-state index is 0.00979. The molecule has 5 heteroatoms. The van der Waals surface area contributed by atoms with E-state index in [1.54, 1.807) is 13.1 Å². The Balaban J connectivity index is 2.78. The summed E-state index contributed by atoms with van der Waals surface area (Å²) in [6.07, 6.45) is 0.407. The van der Waals surface area contributed by atoms with Crippen molar-refractivity contribution in [3.8, 4) is 0 Å². The molecule has 0 aliphatic carbocycles. The number of carbonyl (C=O) groups is 1. The molecule has 1 rings (SSSR count). The van der Waals surface area contributed by atoms with E-state index in [9.17, 15) is 9.90 Å². The number of benzene rings is 1. The molecule has 1 aromatic rings. The van der Waals surface area contributed by atoms with Crippen LogP contribution in [-0.4, -0.2) is 31.7 Å². The lowest BCUT2D eigenvalue weighted by molar-refractivity contribution is -0.120. The highest BCUT2D eigenvalue weighted by molar-refractivity contribution is 6.31. The highest BCUT2D eigenvalue weighted by Crippen LogP contribution is 2.26. The molecule has 17 heavy (non-hydrogen) atoms. The number of aliphatic hydroxyl groups excluding tert-OH is 1. The maximum atomic E-state index is 11.2. The summed E-state index contributed by atoms with van der Waals surface area (Å²) in [4.78, 5) is 13.1. The number of hydrogen-bond acceptors (Lipinski definition) is 3. The first kappa shape index (κ1) is 13.8. The van der Waals surface area contributed by atoms with Crippen LogP contribution in [0.4, 0.5) is 5.69 Å². The number of amides is 1. The average Bonchev–Trinajstić information content (AvgIpc) is 2.35. The summed E-state index contributed by atoms with van der Waals surface area (Å²) in [6, 6.07) is 5.44. The van der Waals surface area contributed by atoms with Gasteiger partial charge in [-0.3, -0.25) is 4.79 Å². The second kappa shape index (κ2) is 6.47. The Morgan fingerprint density at radius 3 is 2.82 bits per heavy atom. The van der Waals surface area contributed by atoms with Crippen LogP contribution in [-0.2, 0) is 11.4 Å². The summed E-state index contributed by atoms with van der Waals surface area (Å²) in [5, 5.41) is 12.4. The van der Waals surface area contributed by atoms with Gasteiger partial charge in [0, 0.05) is 43.3 Å². The van der Waals surface area contributed by atoms with Crippen LogP contribution in [0.5, 0.6) is 0 Å². The van der Waals surface area contributed by atoms with Crippen LogP contribution in [0.25, 0.3) is 0 Å². The fourth-order valence-electron chi connectivity index (χ4n) is 1.58. The van der Waals surface area contributed by atoms with E-state index in [1.807, 2.05) is 24.1 Å². The smallest absolute Gasteiger partial charge is 0.221 e. The van der Waals surface area contributed by atoms with E-state index in [4.69, 9.17) is 11.6 Å². The maximum Gasteiger partial charge on any atom is 0.221 e. The van der Waals surface area contributed by atoms with Crippen molar-refractivity contribution in [3.05, 3.63) is 28.8 Å². The van der Waals surface area contributed by atoms with Crippen molar-refractivity contribution in [1.82, 2.24) is 5.32 Å². The third kappa shape index (κ3) is 3.61. The van der Waals surface area contributed by atoms with Crippen molar-refractivity contribution < 1.29 is 9.90 Å². The monoisotopic (exact) mass is 256 g/mol. The topological polar surface area (TPSA) is 52.6 Å². The first-order chi connectivity index (χ1) is 8.10. The quantitative estimate of drug-likeness (QED) is 0.838. The van der Waals surface area contributed by atoms with Crippen molar-refractivity contribution in [2.24, 2.45) is 0 Å². The number of hydrogen-bond donors (Lipinski definition) is 2. The second-order valence-electron chi connectivity index (χ2n) is 3.74. The van der Waals surface area contributed by atoms with Crippen LogP contribution in [0.2, 0.25) is 5.02 Å². The molecule has 0 aromatic heterocycles. The molecular formula is C12H17ClN2O2. The molecule has 0 spiro atoms. The Labute approximate surface area is 106 Å². The van der Waals surface area contributed by atoms with Crippen LogP contribution in [0.15, 0.2) is 18.2 Å². The molecule has 0 aliphatic heterocycles. The Morgan fingerprint density at radius 2 is 2.24 bits per heavy atom. The van der Waals surface area contributed by atoms with Gasteiger partial charge >= 0.3 is 0 Å². The Bertz CT molecular complexity index is 396. The van der Waals surface area contributed by atoms with Gasteiger partial charge in [-0.1, -0.05) is 17.7 Å². The molecule has 94 valence electrons. The molecule has 0 saturated carbocycles.